The van der Waals surface area contributed by atoms with Crippen LogP contribution >= 0.6 is 0 Å². The molecule has 0 saturated carbocycles. The minimum absolute atomic E-state index is 0.360. The number of anilines is 2. The van der Waals surface area contributed by atoms with Crippen molar-refractivity contribution in [3.05, 3.63) is 11.9 Å². The van der Waals surface area contributed by atoms with Crippen LogP contribution in [-0.2, 0) is 6.42 Å². The van der Waals surface area contributed by atoms with Crippen LogP contribution in [-0.4, -0.2) is 40.5 Å². The fourth-order valence-corrected chi connectivity index (χ4v) is 2.63. The van der Waals surface area contributed by atoms with E-state index >= 15 is 0 Å². The predicted molar refractivity (Wildman–Crippen MR) is 82.6 cm³/mol. The highest BCUT2D eigenvalue weighted by atomic mass is 15.3. The fraction of sp³-hybridized carbons (Fsp3) is 0.714. The molecule has 112 valence electrons. The van der Waals surface area contributed by atoms with Gasteiger partial charge in [-0.3, -0.25) is 0 Å². The van der Waals surface area contributed by atoms with E-state index in [4.69, 9.17) is 5.84 Å². The van der Waals surface area contributed by atoms with E-state index in [-0.39, 0.29) is 0 Å². The summed E-state index contributed by atoms with van der Waals surface area (Å²) < 4.78 is 0. The van der Waals surface area contributed by atoms with Gasteiger partial charge in [0.05, 0.1) is 0 Å². The maximum absolute atomic E-state index is 5.45. The molecule has 1 aliphatic heterocycles. The minimum atomic E-state index is 0.360. The number of aryl methyl sites for hydroxylation is 1. The molecular weight excluding hydrogens is 252 g/mol. The second kappa shape index (κ2) is 7.40. The molecule has 0 aliphatic carbocycles. The number of nitrogens with two attached hydrogens (primary N) is 1. The molecule has 4 N–H and O–H groups in total. The summed E-state index contributed by atoms with van der Waals surface area (Å²) in [5.41, 5.74) is 2.60. The number of hydrogen-bond donors (Lipinski definition) is 3. The third kappa shape index (κ3) is 4.31. The topological polar surface area (TPSA) is 79.1 Å². The van der Waals surface area contributed by atoms with Gasteiger partial charge in [0.15, 0.2) is 0 Å². The molecule has 1 fully saturated rings. The second-order valence-electron chi connectivity index (χ2n) is 5.46. The molecule has 1 aromatic heterocycles. The first kappa shape index (κ1) is 15.0. The highest BCUT2D eigenvalue weighted by Gasteiger charge is 2.14. The second-order valence-corrected chi connectivity index (χ2v) is 5.46. The number of nitrogens with zero attached hydrogens (tertiary/aromatic N) is 3. The van der Waals surface area contributed by atoms with Crippen LogP contribution in [0, 0.1) is 0 Å². The standard InChI is InChI=1S/C14H26N6/c1-3-12-17-13(9-14(18-12)19-15)16-11(2)10-20-7-5-4-6-8-20/h9,11H,3-8,10,15H2,1-2H3,(H2,16,17,18,19). The Morgan fingerprint density at radius 1 is 1.25 bits per heavy atom. The summed E-state index contributed by atoms with van der Waals surface area (Å²) in [6.45, 7) is 7.71. The van der Waals surface area contributed by atoms with Crippen LogP contribution in [0.15, 0.2) is 6.07 Å². The van der Waals surface area contributed by atoms with E-state index < -0.39 is 0 Å². The summed E-state index contributed by atoms with van der Waals surface area (Å²) in [5, 5.41) is 3.45. The molecule has 2 rings (SSSR count). The summed E-state index contributed by atoms with van der Waals surface area (Å²) in [6, 6.07) is 2.21. The maximum atomic E-state index is 5.45. The highest BCUT2D eigenvalue weighted by Crippen LogP contribution is 2.14. The van der Waals surface area contributed by atoms with E-state index in [9.17, 15) is 0 Å². The Morgan fingerprint density at radius 2 is 1.95 bits per heavy atom. The largest absolute Gasteiger partial charge is 0.366 e. The molecule has 1 atom stereocenters. The van der Waals surface area contributed by atoms with Gasteiger partial charge in [-0.15, -0.1) is 0 Å². The van der Waals surface area contributed by atoms with E-state index in [2.05, 4.69) is 32.5 Å². The van der Waals surface area contributed by atoms with Crippen LogP contribution in [0.1, 0.15) is 38.9 Å². The van der Waals surface area contributed by atoms with Crippen molar-refractivity contribution in [1.29, 1.82) is 0 Å². The lowest BCUT2D eigenvalue weighted by Gasteiger charge is -2.29. The first-order valence-electron chi connectivity index (χ1n) is 7.54. The van der Waals surface area contributed by atoms with Gasteiger partial charge >= 0.3 is 0 Å². The molecule has 0 spiro atoms. The van der Waals surface area contributed by atoms with Crippen molar-refractivity contribution < 1.29 is 0 Å². The molecule has 2 heterocycles. The van der Waals surface area contributed by atoms with Crippen molar-refractivity contribution in [2.24, 2.45) is 5.84 Å². The van der Waals surface area contributed by atoms with Crippen LogP contribution in [0.3, 0.4) is 0 Å². The number of nitrogens with one attached hydrogen (secondary N) is 2. The predicted octanol–water partition coefficient (Wildman–Crippen LogP) is 1.61. The third-order valence-electron chi connectivity index (χ3n) is 3.61. The lowest BCUT2D eigenvalue weighted by molar-refractivity contribution is 0.223. The Balaban J connectivity index is 1.93. The zero-order valence-corrected chi connectivity index (χ0v) is 12.5. The Bertz CT molecular complexity index is 394. The molecule has 1 unspecified atom stereocenters. The Kier molecular flexibility index (Phi) is 5.55. The van der Waals surface area contributed by atoms with E-state index in [1.807, 2.05) is 13.0 Å². The van der Waals surface area contributed by atoms with Crippen molar-refractivity contribution in [1.82, 2.24) is 14.9 Å². The Hall–Kier alpha value is -1.40. The van der Waals surface area contributed by atoms with Gasteiger partial charge in [0.2, 0.25) is 0 Å². The molecule has 0 bridgehead atoms. The molecule has 0 radical (unpaired) electrons. The van der Waals surface area contributed by atoms with Crippen LogP contribution in [0.25, 0.3) is 0 Å². The van der Waals surface area contributed by atoms with Gasteiger partial charge in [-0.1, -0.05) is 13.3 Å². The Morgan fingerprint density at radius 3 is 2.60 bits per heavy atom. The summed E-state index contributed by atoms with van der Waals surface area (Å²) in [4.78, 5) is 11.3. The number of rotatable bonds is 6. The molecule has 0 aromatic carbocycles. The van der Waals surface area contributed by atoms with Gasteiger partial charge in [0.1, 0.15) is 17.5 Å². The number of aromatic nitrogens is 2. The summed E-state index contributed by atoms with van der Waals surface area (Å²) in [6.07, 6.45) is 4.81. The number of piperidine rings is 1. The average Bonchev–Trinajstić information content (AvgIpc) is 2.47. The van der Waals surface area contributed by atoms with Gasteiger partial charge in [0, 0.05) is 25.1 Å². The number of likely N-dealkylation sites (tertiary alicyclic amines) is 1. The van der Waals surface area contributed by atoms with Crippen LogP contribution in [0.2, 0.25) is 0 Å². The van der Waals surface area contributed by atoms with Crippen molar-refractivity contribution in [3.63, 3.8) is 0 Å². The number of hydrogen-bond acceptors (Lipinski definition) is 6. The summed E-state index contributed by atoms with van der Waals surface area (Å²) >= 11 is 0. The van der Waals surface area contributed by atoms with Crippen LogP contribution in [0.5, 0.6) is 0 Å². The number of hydrazine groups is 1. The van der Waals surface area contributed by atoms with Crippen LogP contribution < -0.4 is 16.6 Å². The van der Waals surface area contributed by atoms with Crippen molar-refractivity contribution >= 4 is 11.6 Å². The van der Waals surface area contributed by atoms with E-state index in [0.29, 0.717) is 11.9 Å². The van der Waals surface area contributed by atoms with Gasteiger partial charge < -0.3 is 15.6 Å². The van der Waals surface area contributed by atoms with E-state index in [1.165, 1.54) is 32.4 Å². The van der Waals surface area contributed by atoms with Crippen molar-refractivity contribution in [2.45, 2.75) is 45.6 Å². The smallest absolute Gasteiger partial charge is 0.145 e. The van der Waals surface area contributed by atoms with Crippen molar-refractivity contribution in [3.8, 4) is 0 Å². The Labute approximate surface area is 121 Å². The molecule has 1 saturated heterocycles. The molecule has 1 aliphatic rings. The van der Waals surface area contributed by atoms with E-state index in [0.717, 1.165) is 24.6 Å². The van der Waals surface area contributed by atoms with Gasteiger partial charge in [-0.05, 0) is 32.9 Å². The normalized spacial score (nSPS) is 17.8. The lowest BCUT2D eigenvalue weighted by Crippen LogP contribution is -2.38. The molecule has 0 amide bonds. The SMILES string of the molecule is CCc1nc(NN)cc(NC(C)CN2CCCCC2)n1. The minimum Gasteiger partial charge on any atom is -0.366 e. The zero-order chi connectivity index (χ0) is 14.4. The fourth-order valence-electron chi connectivity index (χ4n) is 2.63. The maximum Gasteiger partial charge on any atom is 0.145 e. The van der Waals surface area contributed by atoms with Gasteiger partial charge in [-0.2, -0.15) is 0 Å². The molecule has 6 heteroatoms. The monoisotopic (exact) mass is 278 g/mol. The summed E-state index contributed by atoms with van der Waals surface area (Å²) in [5.74, 6) is 7.74. The molecule has 1 aromatic rings. The number of nitrogen functional groups attached to an aromatic ring is 1. The third-order valence-corrected chi connectivity index (χ3v) is 3.61. The first-order chi connectivity index (χ1) is 9.71. The molecule has 6 nitrogen and oxygen atoms in total. The molecule has 20 heavy (non-hydrogen) atoms. The zero-order valence-electron chi connectivity index (χ0n) is 12.5. The molecular formula is C14H26N6. The van der Waals surface area contributed by atoms with Gasteiger partial charge in [-0.25, -0.2) is 15.8 Å². The lowest BCUT2D eigenvalue weighted by atomic mass is 10.1. The quantitative estimate of drug-likeness (QED) is 0.542. The van der Waals surface area contributed by atoms with Crippen LogP contribution in [0.4, 0.5) is 11.6 Å². The van der Waals surface area contributed by atoms with Gasteiger partial charge in [0.25, 0.3) is 0 Å². The highest BCUT2D eigenvalue weighted by molar-refractivity contribution is 5.47. The average molecular weight is 278 g/mol. The summed E-state index contributed by atoms with van der Waals surface area (Å²) in [7, 11) is 0. The van der Waals surface area contributed by atoms with Crippen molar-refractivity contribution in [2.75, 3.05) is 30.4 Å². The first-order valence-corrected chi connectivity index (χ1v) is 7.54. The van der Waals surface area contributed by atoms with E-state index in [1.54, 1.807) is 0 Å².